The molecule has 1 aromatic rings. The van der Waals surface area contributed by atoms with Gasteiger partial charge in [-0.25, -0.2) is 8.78 Å². The fourth-order valence-corrected chi connectivity index (χ4v) is 2.25. The molecular formula is C18H19F2NO2. The van der Waals surface area contributed by atoms with Gasteiger partial charge in [-0.05, 0) is 31.3 Å². The molecule has 0 atom stereocenters. The van der Waals surface area contributed by atoms with E-state index in [1.165, 1.54) is 24.3 Å². The third kappa shape index (κ3) is 4.34. The highest BCUT2D eigenvalue weighted by molar-refractivity contribution is 6.08. The maximum atomic E-state index is 13.2. The van der Waals surface area contributed by atoms with Crippen molar-refractivity contribution in [3.05, 3.63) is 58.7 Å². The zero-order valence-corrected chi connectivity index (χ0v) is 13.1. The molecule has 122 valence electrons. The SMILES string of the molecule is C/C(=C\C=C(/C(N)=O)C1CC1)C(=O)c1ccc(C(C)(F)F)cc1. The average Bonchev–Trinajstić information content (AvgIpc) is 3.30. The number of nitrogens with two attached hydrogens (primary N) is 1. The Balaban J connectivity index is 2.17. The fourth-order valence-electron chi connectivity index (χ4n) is 2.25. The zero-order valence-electron chi connectivity index (χ0n) is 13.1. The van der Waals surface area contributed by atoms with Crippen LogP contribution < -0.4 is 5.73 Å². The number of carbonyl (C=O) groups is 2. The third-order valence-corrected chi connectivity index (χ3v) is 3.83. The first-order valence-corrected chi connectivity index (χ1v) is 7.41. The molecule has 1 aliphatic carbocycles. The molecule has 1 aliphatic rings. The summed E-state index contributed by atoms with van der Waals surface area (Å²) < 4.78 is 26.3. The summed E-state index contributed by atoms with van der Waals surface area (Å²) in [5.74, 6) is -3.49. The summed E-state index contributed by atoms with van der Waals surface area (Å²) in [5.41, 5.74) is 6.45. The molecule has 1 aromatic carbocycles. The first-order valence-electron chi connectivity index (χ1n) is 7.41. The van der Waals surface area contributed by atoms with Crippen LogP contribution in [0.3, 0.4) is 0 Å². The average molecular weight is 319 g/mol. The minimum atomic E-state index is -2.93. The van der Waals surface area contributed by atoms with Crippen molar-refractivity contribution in [2.24, 2.45) is 11.7 Å². The molecule has 2 rings (SSSR count). The number of alkyl halides is 2. The lowest BCUT2D eigenvalue weighted by Gasteiger charge is -2.10. The number of hydrogen-bond acceptors (Lipinski definition) is 2. The number of benzene rings is 1. The van der Waals surface area contributed by atoms with Crippen molar-refractivity contribution in [2.75, 3.05) is 0 Å². The van der Waals surface area contributed by atoms with Gasteiger partial charge in [-0.2, -0.15) is 0 Å². The Hall–Kier alpha value is -2.30. The number of Topliss-reactive ketones (excluding diaryl/α,β-unsaturated/α-hetero) is 1. The van der Waals surface area contributed by atoms with E-state index in [1.807, 2.05) is 0 Å². The van der Waals surface area contributed by atoms with Crippen LogP contribution in [0.1, 0.15) is 42.6 Å². The molecule has 0 saturated heterocycles. The number of ketones is 1. The maximum Gasteiger partial charge on any atom is 0.270 e. The number of halogens is 2. The summed E-state index contributed by atoms with van der Waals surface area (Å²) >= 11 is 0. The molecule has 1 fully saturated rings. The lowest BCUT2D eigenvalue weighted by molar-refractivity contribution is -0.114. The van der Waals surface area contributed by atoms with Crippen molar-refractivity contribution in [1.29, 1.82) is 0 Å². The standard InChI is InChI=1S/C18H19F2NO2/c1-11(3-10-15(17(21)23)12-4-5-12)16(22)13-6-8-14(9-7-13)18(2,19)20/h3,6-10,12H,4-5H2,1-2H3,(H2,21,23)/b11-3+,15-10-. The molecule has 0 radical (unpaired) electrons. The van der Waals surface area contributed by atoms with E-state index in [9.17, 15) is 18.4 Å². The second-order valence-electron chi connectivity index (χ2n) is 5.91. The van der Waals surface area contributed by atoms with E-state index >= 15 is 0 Å². The summed E-state index contributed by atoms with van der Waals surface area (Å²) in [5, 5.41) is 0. The molecule has 0 bridgehead atoms. The Morgan fingerprint density at radius 1 is 1.17 bits per heavy atom. The van der Waals surface area contributed by atoms with Gasteiger partial charge in [0, 0.05) is 23.6 Å². The van der Waals surface area contributed by atoms with Crippen LogP contribution in [-0.4, -0.2) is 11.7 Å². The Bertz CT molecular complexity index is 678. The predicted molar refractivity (Wildman–Crippen MR) is 84.1 cm³/mol. The van der Waals surface area contributed by atoms with E-state index in [4.69, 9.17) is 5.73 Å². The Morgan fingerprint density at radius 2 is 1.74 bits per heavy atom. The molecule has 0 aromatic heterocycles. The van der Waals surface area contributed by atoms with Gasteiger partial charge >= 0.3 is 0 Å². The molecule has 3 nitrogen and oxygen atoms in total. The van der Waals surface area contributed by atoms with Gasteiger partial charge in [-0.1, -0.05) is 36.4 Å². The largest absolute Gasteiger partial charge is 0.366 e. The van der Waals surface area contributed by atoms with Crippen molar-refractivity contribution < 1.29 is 18.4 Å². The Morgan fingerprint density at radius 3 is 2.17 bits per heavy atom. The molecule has 0 unspecified atom stereocenters. The lowest BCUT2D eigenvalue weighted by Crippen LogP contribution is -2.15. The number of allylic oxidation sites excluding steroid dienone is 3. The van der Waals surface area contributed by atoms with Gasteiger partial charge in [-0.15, -0.1) is 0 Å². The number of rotatable bonds is 6. The van der Waals surface area contributed by atoms with Crippen LogP contribution in [0, 0.1) is 5.92 Å². The Labute approximate surface area is 133 Å². The van der Waals surface area contributed by atoms with Gasteiger partial charge in [0.2, 0.25) is 5.91 Å². The van der Waals surface area contributed by atoms with E-state index < -0.39 is 11.8 Å². The Kier molecular flexibility index (Phi) is 4.78. The lowest BCUT2D eigenvalue weighted by atomic mass is 10.0. The summed E-state index contributed by atoms with van der Waals surface area (Å²) in [4.78, 5) is 23.6. The second kappa shape index (κ2) is 6.44. The highest BCUT2D eigenvalue weighted by Gasteiger charge is 2.28. The number of hydrogen-bond donors (Lipinski definition) is 1. The molecule has 5 heteroatoms. The third-order valence-electron chi connectivity index (χ3n) is 3.83. The highest BCUT2D eigenvalue weighted by atomic mass is 19.3. The van der Waals surface area contributed by atoms with Crippen molar-refractivity contribution in [2.45, 2.75) is 32.6 Å². The van der Waals surface area contributed by atoms with Crippen molar-refractivity contribution >= 4 is 11.7 Å². The summed E-state index contributed by atoms with van der Waals surface area (Å²) in [6.45, 7) is 2.43. The number of carbonyl (C=O) groups excluding carboxylic acids is 2. The van der Waals surface area contributed by atoms with E-state index in [1.54, 1.807) is 19.1 Å². The second-order valence-corrected chi connectivity index (χ2v) is 5.91. The van der Waals surface area contributed by atoms with E-state index in [2.05, 4.69) is 0 Å². The monoisotopic (exact) mass is 319 g/mol. The fraction of sp³-hybridized carbons (Fsp3) is 0.333. The first kappa shape index (κ1) is 17.1. The van der Waals surface area contributed by atoms with Crippen LogP contribution in [0.25, 0.3) is 0 Å². The van der Waals surface area contributed by atoms with Crippen molar-refractivity contribution in [3.8, 4) is 0 Å². The van der Waals surface area contributed by atoms with E-state index in [-0.39, 0.29) is 17.3 Å². The molecule has 1 saturated carbocycles. The van der Waals surface area contributed by atoms with Crippen LogP contribution in [0.5, 0.6) is 0 Å². The molecule has 2 N–H and O–H groups in total. The van der Waals surface area contributed by atoms with Crippen LogP contribution in [0.2, 0.25) is 0 Å². The van der Waals surface area contributed by atoms with Gasteiger partial charge in [-0.3, -0.25) is 9.59 Å². The smallest absolute Gasteiger partial charge is 0.270 e. The van der Waals surface area contributed by atoms with Crippen LogP contribution >= 0.6 is 0 Å². The topological polar surface area (TPSA) is 60.2 Å². The maximum absolute atomic E-state index is 13.2. The van der Waals surface area contributed by atoms with Crippen molar-refractivity contribution in [1.82, 2.24) is 0 Å². The summed E-state index contributed by atoms with van der Waals surface area (Å²) in [7, 11) is 0. The molecule has 0 aliphatic heterocycles. The van der Waals surface area contributed by atoms with Gasteiger partial charge < -0.3 is 5.73 Å². The van der Waals surface area contributed by atoms with Gasteiger partial charge in [0.15, 0.2) is 5.78 Å². The molecule has 0 spiro atoms. The van der Waals surface area contributed by atoms with Gasteiger partial charge in [0.25, 0.3) is 5.92 Å². The molecule has 23 heavy (non-hydrogen) atoms. The normalized spacial score (nSPS) is 16.3. The summed E-state index contributed by atoms with van der Waals surface area (Å²) in [6.07, 6.45) is 5.01. The number of amides is 1. The van der Waals surface area contributed by atoms with Gasteiger partial charge in [0.1, 0.15) is 0 Å². The molecule has 0 heterocycles. The van der Waals surface area contributed by atoms with Crippen LogP contribution in [0.15, 0.2) is 47.6 Å². The predicted octanol–water partition coefficient (Wildman–Crippen LogP) is 3.75. The number of primary amides is 1. The molecular weight excluding hydrogens is 300 g/mol. The van der Waals surface area contributed by atoms with Gasteiger partial charge in [0.05, 0.1) is 0 Å². The quantitative estimate of drug-likeness (QED) is 0.493. The minimum Gasteiger partial charge on any atom is -0.366 e. The van der Waals surface area contributed by atoms with E-state index in [0.717, 1.165) is 19.8 Å². The molecule has 1 amide bonds. The van der Waals surface area contributed by atoms with E-state index in [0.29, 0.717) is 16.7 Å². The van der Waals surface area contributed by atoms with Crippen LogP contribution in [0.4, 0.5) is 8.78 Å². The highest BCUT2D eigenvalue weighted by Crippen LogP contribution is 2.36. The first-order chi connectivity index (χ1) is 10.7. The summed E-state index contributed by atoms with van der Waals surface area (Å²) in [6, 6.07) is 5.25. The minimum absolute atomic E-state index is 0.139. The zero-order chi connectivity index (χ0) is 17.2. The van der Waals surface area contributed by atoms with Crippen LogP contribution in [-0.2, 0) is 10.7 Å². The van der Waals surface area contributed by atoms with Crippen molar-refractivity contribution in [3.63, 3.8) is 0 Å².